The summed E-state index contributed by atoms with van der Waals surface area (Å²) >= 11 is 0. The van der Waals surface area contributed by atoms with Crippen LogP contribution in [-0.2, 0) is 6.54 Å². The third-order valence-electron chi connectivity index (χ3n) is 3.92. The van der Waals surface area contributed by atoms with Crippen molar-refractivity contribution in [1.82, 2.24) is 9.78 Å². The van der Waals surface area contributed by atoms with Crippen LogP contribution in [0.3, 0.4) is 0 Å². The van der Waals surface area contributed by atoms with E-state index in [0.717, 1.165) is 16.8 Å². The van der Waals surface area contributed by atoms with Gasteiger partial charge >= 0.3 is 0 Å². The first-order valence-electron chi connectivity index (χ1n) is 7.67. The van der Waals surface area contributed by atoms with E-state index in [-0.39, 0.29) is 12.6 Å². The molecule has 23 heavy (non-hydrogen) atoms. The topological polar surface area (TPSA) is 59.3 Å². The first kappa shape index (κ1) is 15.4. The highest BCUT2D eigenvalue weighted by Crippen LogP contribution is 2.26. The Morgan fingerprint density at radius 1 is 1.22 bits per heavy atom. The van der Waals surface area contributed by atoms with Gasteiger partial charge in [-0.15, -0.1) is 0 Å². The Hall–Kier alpha value is -2.53. The minimum atomic E-state index is 0.0881. The molecule has 0 aliphatic carbocycles. The summed E-state index contributed by atoms with van der Waals surface area (Å²) in [6, 6.07) is 12.7. The predicted molar refractivity (Wildman–Crippen MR) is 91.9 cm³/mol. The van der Waals surface area contributed by atoms with Gasteiger partial charge in [0.1, 0.15) is 5.75 Å². The lowest BCUT2D eigenvalue weighted by Gasteiger charge is -2.15. The van der Waals surface area contributed by atoms with Crippen LogP contribution in [0.15, 0.2) is 48.8 Å². The number of nitrogens with one attached hydrogen (secondary N) is 1. The van der Waals surface area contributed by atoms with E-state index in [4.69, 9.17) is 9.84 Å². The third-order valence-corrected chi connectivity index (χ3v) is 3.92. The summed E-state index contributed by atoms with van der Waals surface area (Å²) in [5.74, 6) is 0.868. The second-order valence-corrected chi connectivity index (χ2v) is 5.55. The summed E-state index contributed by atoms with van der Waals surface area (Å²) in [5.41, 5.74) is 2.15. The Morgan fingerprint density at radius 3 is 2.78 bits per heavy atom. The van der Waals surface area contributed by atoms with E-state index in [0.29, 0.717) is 6.54 Å². The molecule has 0 aliphatic rings. The average Bonchev–Trinajstić information content (AvgIpc) is 3.01. The van der Waals surface area contributed by atoms with Crippen molar-refractivity contribution in [3.63, 3.8) is 0 Å². The highest BCUT2D eigenvalue weighted by molar-refractivity contribution is 5.84. The fraction of sp³-hybridized carbons (Fsp3) is 0.278. The molecule has 0 amide bonds. The fourth-order valence-corrected chi connectivity index (χ4v) is 2.63. The minimum Gasteiger partial charge on any atom is -0.497 e. The normalized spacial score (nSPS) is 12.3. The quantitative estimate of drug-likeness (QED) is 0.734. The van der Waals surface area contributed by atoms with Gasteiger partial charge in [0.05, 0.1) is 32.1 Å². The van der Waals surface area contributed by atoms with Crippen molar-refractivity contribution in [1.29, 1.82) is 0 Å². The van der Waals surface area contributed by atoms with Crippen molar-refractivity contribution in [2.45, 2.75) is 19.5 Å². The van der Waals surface area contributed by atoms with E-state index in [2.05, 4.69) is 41.6 Å². The van der Waals surface area contributed by atoms with Gasteiger partial charge in [-0.2, -0.15) is 5.10 Å². The third kappa shape index (κ3) is 3.46. The van der Waals surface area contributed by atoms with Crippen LogP contribution in [0.25, 0.3) is 10.8 Å². The van der Waals surface area contributed by atoms with Gasteiger partial charge in [-0.3, -0.25) is 4.68 Å². The van der Waals surface area contributed by atoms with Gasteiger partial charge in [0.25, 0.3) is 0 Å². The SMILES string of the molecule is COc1ccc2cc(C(C)Nc3cnn(CCO)c3)ccc2c1. The van der Waals surface area contributed by atoms with Crippen LogP contribution < -0.4 is 10.1 Å². The number of hydrogen-bond acceptors (Lipinski definition) is 4. The van der Waals surface area contributed by atoms with E-state index in [1.54, 1.807) is 18.0 Å². The zero-order valence-corrected chi connectivity index (χ0v) is 13.4. The van der Waals surface area contributed by atoms with Gasteiger partial charge in [-0.05, 0) is 41.5 Å². The van der Waals surface area contributed by atoms with Crippen molar-refractivity contribution in [3.8, 4) is 5.75 Å². The molecule has 1 aromatic heterocycles. The highest BCUT2D eigenvalue weighted by atomic mass is 16.5. The highest BCUT2D eigenvalue weighted by Gasteiger charge is 2.08. The number of aliphatic hydroxyl groups excluding tert-OH is 1. The number of ether oxygens (including phenoxy) is 1. The van der Waals surface area contributed by atoms with Crippen molar-refractivity contribution in [2.75, 3.05) is 19.0 Å². The summed E-state index contributed by atoms with van der Waals surface area (Å²) in [6.07, 6.45) is 3.68. The summed E-state index contributed by atoms with van der Waals surface area (Å²) in [4.78, 5) is 0. The van der Waals surface area contributed by atoms with E-state index >= 15 is 0 Å². The molecule has 0 radical (unpaired) electrons. The maximum absolute atomic E-state index is 8.94. The van der Waals surface area contributed by atoms with Crippen LogP contribution >= 0.6 is 0 Å². The largest absolute Gasteiger partial charge is 0.497 e. The first-order chi connectivity index (χ1) is 11.2. The van der Waals surface area contributed by atoms with Crippen LogP contribution in [0.2, 0.25) is 0 Å². The number of aromatic nitrogens is 2. The molecule has 120 valence electrons. The Balaban J connectivity index is 1.78. The van der Waals surface area contributed by atoms with Gasteiger partial charge in [0.2, 0.25) is 0 Å². The molecule has 0 spiro atoms. The summed E-state index contributed by atoms with van der Waals surface area (Å²) in [7, 11) is 1.68. The lowest BCUT2D eigenvalue weighted by Crippen LogP contribution is -2.06. The second-order valence-electron chi connectivity index (χ2n) is 5.55. The Labute approximate surface area is 135 Å². The molecule has 2 N–H and O–H groups in total. The molecule has 5 nitrogen and oxygen atoms in total. The van der Waals surface area contributed by atoms with E-state index in [9.17, 15) is 0 Å². The molecule has 0 saturated heterocycles. The van der Waals surface area contributed by atoms with Crippen LogP contribution in [0.1, 0.15) is 18.5 Å². The molecule has 5 heteroatoms. The molecule has 0 aliphatic heterocycles. The molecule has 3 rings (SSSR count). The molecular weight excluding hydrogens is 290 g/mol. The number of rotatable bonds is 6. The van der Waals surface area contributed by atoms with Gasteiger partial charge < -0.3 is 15.2 Å². The number of fused-ring (bicyclic) bond motifs is 1. The minimum absolute atomic E-state index is 0.0881. The lowest BCUT2D eigenvalue weighted by molar-refractivity contribution is 0.269. The maximum atomic E-state index is 8.94. The Morgan fingerprint density at radius 2 is 2.00 bits per heavy atom. The van der Waals surface area contributed by atoms with Crippen LogP contribution in [0.5, 0.6) is 5.75 Å². The lowest BCUT2D eigenvalue weighted by atomic mass is 10.0. The average molecular weight is 311 g/mol. The van der Waals surface area contributed by atoms with Crippen LogP contribution in [0.4, 0.5) is 5.69 Å². The Kier molecular flexibility index (Phi) is 4.48. The van der Waals surface area contributed by atoms with Gasteiger partial charge in [0.15, 0.2) is 0 Å². The summed E-state index contributed by atoms with van der Waals surface area (Å²) in [5, 5.41) is 18.9. The standard InChI is InChI=1S/C18H21N3O2/c1-13(20-17-11-19-21(12-17)7-8-22)14-3-4-16-10-18(23-2)6-5-15(16)9-14/h3-6,9-13,20,22H,7-8H2,1-2H3. The van der Waals surface area contributed by atoms with Crippen molar-refractivity contribution < 1.29 is 9.84 Å². The molecule has 1 unspecified atom stereocenters. The van der Waals surface area contributed by atoms with E-state index in [1.165, 1.54) is 10.9 Å². The molecule has 1 heterocycles. The molecule has 0 fully saturated rings. The number of methoxy groups -OCH3 is 1. The zero-order chi connectivity index (χ0) is 16.2. The van der Waals surface area contributed by atoms with Crippen molar-refractivity contribution in [2.24, 2.45) is 0 Å². The van der Waals surface area contributed by atoms with Crippen LogP contribution in [-0.4, -0.2) is 28.6 Å². The van der Waals surface area contributed by atoms with E-state index in [1.807, 2.05) is 18.3 Å². The molecule has 0 saturated carbocycles. The van der Waals surface area contributed by atoms with Gasteiger partial charge in [0, 0.05) is 12.2 Å². The first-order valence-corrected chi connectivity index (χ1v) is 7.67. The maximum Gasteiger partial charge on any atom is 0.119 e. The zero-order valence-electron chi connectivity index (χ0n) is 13.4. The molecule has 2 aromatic carbocycles. The van der Waals surface area contributed by atoms with E-state index < -0.39 is 0 Å². The number of hydrogen-bond donors (Lipinski definition) is 2. The molecule has 1 atom stereocenters. The molecule has 3 aromatic rings. The van der Waals surface area contributed by atoms with Crippen molar-refractivity contribution in [3.05, 3.63) is 54.4 Å². The number of benzene rings is 2. The number of nitrogens with zero attached hydrogens (tertiary/aromatic N) is 2. The smallest absolute Gasteiger partial charge is 0.119 e. The number of anilines is 1. The molecular formula is C18H21N3O2. The summed E-state index contributed by atoms with van der Waals surface area (Å²) in [6.45, 7) is 2.72. The summed E-state index contributed by atoms with van der Waals surface area (Å²) < 4.78 is 6.99. The van der Waals surface area contributed by atoms with Gasteiger partial charge in [-0.25, -0.2) is 0 Å². The predicted octanol–water partition coefficient (Wildman–Crippen LogP) is 3.21. The number of aliphatic hydroxyl groups is 1. The van der Waals surface area contributed by atoms with Gasteiger partial charge in [-0.1, -0.05) is 18.2 Å². The molecule has 0 bridgehead atoms. The van der Waals surface area contributed by atoms with Crippen molar-refractivity contribution >= 4 is 16.5 Å². The van der Waals surface area contributed by atoms with Crippen LogP contribution in [0, 0.1) is 0 Å². The Bertz CT molecular complexity index is 798. The fourth-order valence-electron chi connectivity index (χ4n) is 2.63. The monoisotopic (exact) mass is 311 g/mol. The second kappa shape index (κ2) is 6.71.